The van der Waals surface area contributed by atoms with Crippen LogP contribution in [-0.2, 0) is 6.54 Å². The number of benzene rings is 1. The largest absolute Gasteiger partial charge is 0.366 e. The van der Waals surface area contributed by atoms with Crippen LogP contribution in [0, 0.1) is 13.8 Å². The molecule has 0 fully saturated rings. The molecule has 2 N–H and O–H groups in total. The van der Waals surface area contributed by atoms with Gasteiger partial charge in [-0.2, -0.15) is 4.98 Å². The summed E-state index contributed by atoms with van der Waals surface area (Å²) in [5, 5.41) is 4.11. The molecule has 0 spiro atoms. The average Bonchev–Trinajstić information content (AvgIpc) is 2.49. The van der Waals surface area contributed by atoms with E-state index in [-0.39, 0.29) is 0 Å². The van der Waals surface area contributed by atoms with Gasteiger partial charge in [0.1, 0.15) is 5.82 Å². The van der Waals surface area contributed by atoms with Crippen molar-refractivity contribution < 1.29 is 0 Å². The van der Waals surface area contributed by atoms with Crippen molar-refractivity contribution in [1.82, 2.24) is 14.8 Å². The molecule has 0 amide bonds. The van der Waals surface area contributed by atoms with Gasteiger partial charge in [0.25, 0.3) is 0 Å². The number of aryl methyl sites for hydroxylation is 2. The summed E-state index contributed by atoms with van der Waals surface area (Å²) in [5.74, 6) is 1.17. The molecule has 15 heavy (non-hydrogen) atoms. The van der Waals surface area contributed by atoms with Crippen molar-refractivity contribution in [2.75, 3.05) is 5.73 Å². The Labute approximate surface area is 88.8 Å². The van der Waals surface area contributed by atoms with Crippen LogP contribution in [0.1, 0.15) is 17.0 Å². The summed E-state index contributed by atoms with van der Waals surface area (Å²) < 4.78 is 1.81. The third kappa shape index (κ3) is 2.15. The van der Waals surface area contributed by atoms with E-state index >= 15 is 0 Å². The zero-order valence-electron chi connectivity index (χ0n) is 8.94. The lowest BCUT2D eigenvalue weighted by Gasteiger charge is -2.03. The second-order valence-electron chi connectivity index (χ2n) is 3.66. The monoisotopic (exact) mass is 202 g/mol. The first-order valence-electron chi connectivity index (χ1n) is 4.87. The third-order valence-corrected chi connectivity index (χ3v) is 2.33. The topological polar surface area (TPSA) is 56.7 Å². The molecule has 78 valence electrons. The minimum absolute atomic E-state index is 0.333. The minimum atomic E-state index is 0.333. The lowest BCUT2D eigenvalue weighted by Crippen LogP contribution is -2.04. The maximum Gasteiger partial charge on any atom is 0.239 e. The SMILES string of the molecule is Cc1ccc(Cn2nc(N)nc2C)cc1. The Kier molecular flexibility index (Phi) is 2.41. The van der Waals surface area contributed by atoms with Crippen molar-refractivity contribution in [2.45, 2.75) is 20.4 Å². The highest BCUT2D eigenvalue weighted by Crippen LogP contribution is 2.07. The van der Waals surface area contributed by atoms with E-state index in [2.05, 4.69) is 41.3 Å². The summed E-state index contributed by atoms with van der Waals surface area (Å²) in [4.78, 5) is 4.05. The second kappa shape index (κ2) is 3.73. The van der Waals surface area contributed by atoms with Crippen LogP contribution in [0.2, 0.25) is 0 Å². The Bertz CT molecular complexity index is 456. The highest BCUT2D eigenvalue weighted by atomic mass is 15.4. The smallest absolute Gasteiger partial charge is 0.239 e. The van der Waals surface area contributed by atoms with Crippen LogP contribution in [0.25, 0.3) is 0 Å². The van der Waals surface area contributed by atoms with E-state index in [1.54, 1.807) is 4.68 Å². The summed E-state index contributed by atoms with van der Waals surface area (Å²) >= 11 is 0. The Morgan fingerprint density at radius 2 is 1.87 bits per heavy atom. The van der Waals surface area contributed by atoms with E-state index in [1.807, 2.05) is 6.92 Å². The molecule has 0 aliphatic carbocycles. The molecule has 0 unspecified atom stereocenters. The second-order valence-corrected chi connectivity index (χ2v) is 3.66. The van der Waals surface area contributed by atoms with Crippen molar-refractivity contribution >= 4 is 5.95 Å². The fraction of sp³-hybridized carbons (Fsp3) is 0.273. The summed E-state index contributed by atoms with van der Waals surface area (Å²) in [6.45, 7) is 4.69. The fourth-order valence-electron chi connectivity index (χ4n) is 1.46. The zero-order chi connectivity index (χ0) is 10.8. The highest BCUT2D eigenvalue weighted by Gasteiger charge is 2.03. The predicted molar refractivity (Wildman–Crippen MR) is 59.5 cm³/mol. The molecule has 0 saturated heterocycles. The van der Waals surface area contributed by atoms with Crippen molar-refractivity contribution in [3.63, 3.8) is 0 Å². The number of anilines is 1. The summed E-state index contributed by atoms with van der Waals surface area (Å²) in [6.07, 6.45) is 0. The maximum absolute atomic E-state index is 5.51. The van der Waals surface area contributed by atoms with E-state index in [4.69, 9.17) is 5.73 Å². The molecule has 0 aliphatic rings. The molecular formula is C11H14N4. The van der Waals surface area contributed by atoms with Crippen LogP contribution in [0.5, 0.6) is 0 Å². The molecule has 2 aromatic rings. The Morgan fingerprint density at radius 1 is 1.20 bits per heavy atom. The third-order valence-electron chi connectivity index (χ3n) is 2.33. The van der Waals surface area contributed by atoms with E-state index in [9.17, 15) is 0 Å². The van der Waals surface area contributed by atoms with Gasteiger partial charge in [-0.25, -0.2) is 4.68 Å². The molecule has 1 heterocycles. The van der Waals surface area contributed by atoms with Crippen LogP contribution in [0.3, 0.4) is 0 Å². The average molecular weight is 202 g/mol. The van der Waals surface area contributed by atoms with Gasteiger partial charge in [-0.3, -0.25) is 0 Å². The van der Waals surface area contributed by atoms with Crippen LogP contribution < -0.4 is 5.73 Å². The molecule has 2 rings (SSSR count). The molecule has 4 nitrogen and oxygen atoms in total. The van der Waals surface area contributed by atoms with Crippen molar-refractivity contribution in [3.05, 3.63) is 41.2 Å². The van der Waals surface area contributed by atoms with Crippen molar-refractivity contribution in [3.8, 4) is 0 Å². The Morgan fingerprint density at radius 3 is 2.40 bits per heavy atom. The number of hydrogen-bond acceptors (Lipinski definition) is 3. The number of aromatic nitrogens is 3. The van der Waals surface area contributed by atoms with Gasteiger partial charge in [0.2, 0.25) is 5.95 Å². The molecule has 1 aromatic heterocycles. The normalized spacial score (nSPS) is 10.5. The quantitative estimate of drug-likeness (QED) is 0.803. The zero-order valence-corrected chi connectivity index (χ0v) is 8.94. The molecular weight excluding hydrogens is 188 g/mol. The lowest BCUT2D eigenvalue weighted by molar-refractivity contribution is 0.662. The van der Waals surface area contributed by atoms with E-state index in [0.29, 0.717) is 5.95 Å². The molecule has 0 bridgehead atoms. The molecule has 0 aliphatic heterocycles. The van der Waals surface area contributed by atoms with Gasteiger partial charge >= 0.3 is 0 Å². The van der Waals surface area contributed by atoms with Gasteiger partial charge in [-0.05, 0) is 19.4 Å². The maximum atomic E-state index is 5.51. The fourth-order valence-corrected chi connectivity index (χ4v) is 1.46. The molecule has 0 saturated carbocycles. The number of nitrogens with zero attached hydrogens (tertiary/aromatic N) is 3. The van der Waals surface area contributed by atoms with Gasteiger partial charge < -0.3 is 5.73 Å². The Balaban J connectivity index is 2.21. The van der Waals surface area contributed by atoms with E-state index < -0.39 is 0 Å². The highest BCUT2D eigenvalue weighted by molar-refractivity contribution is 5.22. The van der Waals surface area contributed by atoms with Crippen LogP contribution >= 0.6 is 0 Å². The molecule has 1 aromatic carbocycles. The Hall–Kier alpha value is -1.84. The van der Waals surface area contributed by atoms with Crippen LogP contribution in [-0.4, -0.2) is 14.8 Å². The number of nitrogens with two attached hydrogens (primary N) is 1. The first-order valence-corrected chi connectivity index (χ1v) is 4.87. The number of rotatable bonds is 2. The van der Waals surface area contributed by atoms with Crippen LogP contribution in [0.15, 0.2) is 24.3 Å². The van der Waals surface area contributed by atoms with Crippen LogP contribution in [0.4, 0.5) is 5.95 Å². The number of hydrogen-bond donors (Lipinski definition) is 1. The summed E-state index contributed by atoms with van der Waals surface area (Å²) in [5.41, 5.74) is 7.97. The molecule has 4 heteroatoms. The van der Waals surface area contributed by atoms with E-state index in [1.165, 1.54) is 11.1 Å². The van der Waals surface area contributed by atoms with Crippen molar-refractivity contribution in [2.24, 2.45) is 0 Å². The molecule has 0 atom stereocenters. The standard InChI is InChI=1S/C11H14N4/c1-8-3-5-10(6-4-8)7-15-9(2)13-11(12)14-15/h3-6H,7H2,1-2H3,(H2,12,14). The van der Waals surface area contributed by atoms with Gasteiger partial charge in [0.15, 0.2) is 0 Å². The van der Waals surface area contributed by atoms with E-state index in [0.717, 1.165) is 12.4 Å². The summed E-state index contributed by atoms with van der Waals surface area (Å²) in [7, 11) is 0. The first kappa shape index (κ1) is 9.71. The molecule has 0 radical (unpaired) electrons. The first-order chi connectivity index (χ1) is 7.15. The minimum Gasteiger partial charge on any atom is -0.366 e. The predicted octanol–water partition coefficient (Wildman–Crippen LogP) is 1.53. The van der Waals surface area contributed by atoms with Crippen molar-refractivity contribution in [1.29, 1.82) is 0 Å². The van der Waals surface area contributed by atoms with Gasteiger partial charge in [0.05, 0.1) is 6.54 Å². The van der Waals surface area contributed by atoms with Gasteiger partial charge in [-0.15, -0.1) is 5.10 Å². The summed E-state index contributed by atoms with van der Waals surface area (Å²) in [6, 6.07) is 8.36. The van der Waals surface area contributed by atoms with Gasteiger partial charge in [-0.1, -0.05) is 29.8 Å². The lowest BCUT2D eigenvalue weighted by atomic mass is 10.1. The number of nitrogen functional groups attached to an aromatic ring is 1. The van der Waals surface area contributed by atoms with Gasteiger partial charge in [0, 0.05) is 0 Å².